The molecular formula is C12H23N3O. The van der Waals surface area contributed by atoms with E-state index in [1.807, 2.05) is 24.0 Å². The molecule has 0 saturated carbocycles. The zero-order valence-corrected chi connectivity index (χ0v) is 10.6. The molecule has 92 valence electrons. The lowest BCUT2D eigenvalue weighted by molar-refractivity contribution is 0.109. The lowest BCUT2D eigenvalue weighted by atomic mass is 10.2. The topological polar surface area (TPSA) is 39.1 Å². The summed E-state index contributed by atoms with van der Waals surface area (Å²) in [6.45, 7) is 6.78. The molecule has 1 aromatic heterocycles. The number of nitrogens with one attached hydrogen (secondary N) is 1. The third-order valence-electron chi connectivity index (χ3n) is 2.44. The minimum atomic E-state index is 0.200. The minimum absolute atomic E-state index is 0.200. The van der Waals surface area contributed by atoms with Crippen molar-refractivity contribution in [2.45, 2.75) is 32.7 Å². The minimum Gasteiger partial charge on any atom is -0.379 e. The molecular weight excluding hydrogens is 202 g/mol. The van der Waals surface area contributed by atoms with Crippen LogP contribution < -0.4 is 5.32 Å². The van der Waals surface area contributed by atoms with Crippen LogP contribution >= 0.6 is 0 Å². The molecule has 1 N–H and O–H groups in total. The highest BCUT2D eigenvalue weighted by Gasteiger charge is 2.14. The second-order valence-electron chi connectivity index (χ2n) is 3.98. The first-order valence-electron chi connectivity index (χ1n) is 6.07. The molecule has 0 amide bonds. The van der Waals surface area contributed by atoms with Crippen LogP contribution in [0.25, 0.3) is 0 Å². The smallest absolute Gasteiger partial charge is 0.127 e. The first kappa shape index (κ1) is 13.2. The number of aryl methyl sites for hydroxylation is 1. The van der Waals surface area contributed by atoms with Crippen LogP contribution in [0.5, 0.6) is 0 Å². The third kappa shape index (κ3) is 3.94. The van der Waals surface area contributed by atoms with E-state index in [1.165, 1.54) is 0 Å². The average molecular weight is 225 g/mol. The predicted octanol–water partition coefficient (Wildman–Crippen LogP) is 1.89. The van der Waals surface area contributed by atoms with Gasteiger partial charge in [0.2, 0.25) is 0 Å². The number of aromatic nitrogens is 2. The number of hydrogen-bond acceptors (Lipinski definition) is 3. The fourth-order valence-corrected chi connectivity index (χ4v) is 1.60. The maximum absolute atomic E-state index is 5.60. The molecule has 16 heavy (non-hydrogen) atoms. The van der Waals surface area contributed by atoms with Gasteiger partial charge < -0.3 is 14.6 Å². The van der Waals surface area contributed by atoms with Crippen LogP contribution in [0, 0.1) is 0 Å². The van der Waals surface area contributed by atoms with E-state index in [-0.39, 0.29) is 6.04 Å². The molecule has 0 aliphatic carbocycles. The summed E-state index contributed by atoms with van der Waals surface area (Å²) in [6, 6.07) is 0.200. The molecule has 0 aromatic carbocycles. The Kier molecular flexibility index (Phi) is 6.11. The zero-order chi connectivity index (χ0) is 11.8. The van der Waals surface area contributed by atoms with Crippen molar-refractivity contribution >= 4 is 0 Å². The summed E-state index contributed by atoms with van der Waals surface area (Å²) in [5.41, 5.74) is 0. The van der Waals surface area contributed by atoms with E-state index >= 15 is 0 Å². The zero-order valence-electron chi connectivity index (χ0n) is 10.6. The quantitative estimate of drug-likeness (QED) is 0.687. The van der Waals surface area contributed by atoms with E-state index in [1.54, 1.807) is 0 Å². The highest BCUT2D eigenvalue weighted by Crippen LogP contribution is 2.10. The Hall–Kier alpha value is -0.870. The molecule has 0 radical (unpaired) electrons. The third-order valence-corrected chi connectivity index (χ3v) is 2.44. The van der Waals surface area contributed by atoms with Crippen molar-refractivity contribution in [1.82, 2.24) is 14.9 Å². The van der Waals surface area contributed by atoms with Gasteiger partial charge in [0, 0.05) is 26.0 Å². The van der Waals surface area contributed by atoms with E-state index in [0.717, 1.165) is 31.8 Å². The molecule has 4 nitrogen and oxygen atoms in total. The maximum atomic E-state index is 5.60. The second kappa shape index (κ2) is 7.41. The summed E-state index contributed by atoms with van der Waals surface area (Å²) < 4.78 is 7.65. The molecule has 0 saturated heterocycles. The summed E-state index contributed by atoms with van der Waals surface area (Å²) in [7, 11) is 2.02. The van der Waals surface area contributed by atoms with Gasteiger partial charge in [0.05, 0.1) is 12.6 Å². The Bertz CT molecular complexity index is 286. The lowest BCUT2D eigenvalue weighted by Crippen LogP contribution is -2.28. The first-order chi connectivity index (χ1) is 7.79. The molecule has 0 bridgehead atoms. The molecule has 1 rings (SSSR count). The SMILES string of the molecule is CCCNC(COCCC)c1nccn1C. The monoisotopic (exact) mass is 225 g/mol. The van der Waals surface area contributed by atoms with Crippen LogP contribution in [0.2, 0.25) is 0 Å². The Morgan fingerprint density at radius 3 is 2.81 bits per heavy atom. The standard InChI is InChI=1S/C12H23N3O/c1-4-6-13-11(10-16-9-5-2)12-14-7-8-15(12)3/h7-8,11,13H,4-6,9-10H2,1-3H3. The summed E-state index contributed by atoms with van der Waals surface area (Å²) in [6.07, 6.45) is 5.97. The van der Waals surface area contributed by atoms with Gasteiger partial charge in [-0.15, -0.1) is 0 Å². The van der Waals surface area contributed by atoms with Gasteiger partial charge in [-0.25, -0.2) is 4.98 Å². The van der Waals surface area contributed by atoms with Crippen LogP contribution in [-0.4, -0.2) is 29.3 Å². The Morgan fingerprint density at radius 2 is 2.25 bits per heavy atom. The van der Waals surface area contributed by atoms with Gasteiger partial charge in [-0.3, -0.25) is 0 Å². The fraction of sp³-hybridized carbons (Fsp3) is 0.750. The Balaban J connectivity index is 2.53. The van der Waals surface area contributed by atoms with Crippen molar-refractivity contribution in [2.75, 3.05) is 19.8 Å². The normalized spacial score (nSPS) is 12.9. The van der Waals surface area contributed by atoms with E-state index in [0.29, 0.717) is 6.61 Å². The highest BCUT2D eigenvalue weighted by atomic mass is 16.5. The largest absolute Gasteiger partial charge is 0.379 e. The molecule has 4 heteroatoms. The van der Waals surface area contributed by atoms with Crippen molar-refractivity contribution in [3.63, 3.8) is 0 Å². The van der Waals surface area contributed by atoms with Crippen molar-refractivity contribution in [2.24, 2.45) is 7.05 Å². The summed E-state index contributed by atoms with van der Waals surface area (Å²) >= 11 is 0. The number of rotatable bonds is 8. The molecule has 0 spiro atoms. The van der Waals surface area contributed by atoms with Crippen LogP contribution in [0.15, 0.2) is 12.4 Å². The molecule has 1 heterocycles. The van der Waals surface area contributed by atoms with Crippen molar-refractivity contribution in [1.29, 1.82) is 0 Å². The Labute approximate surface area is 98.0 Å². The van der Waals surface area contributed by atoms with Gasteiger partial charge in [-0.1, -0.05) is 13.8 Å². The maximum Gasteiger partial charge on any atom is 0.127 e. The van der Waals surface area contributed by atoms with E-state index < -0.39 is 0 Å². The van der Waals surface area contributed by atoms with Gasteiger partial charge in [-0.05, 0) is 19.4 Å². The molecule has 1 unspecified atom stereocenters. The highest BCUT2D eigenvalue weighted by molar-refractivity contribution is 4.98. The van der Waals surface area contributed by atoms with Crippen molar-refractivity contribution in [3.8, 4) is 0 Å². The molecule has 1 atom stereocenters. The molecule has 1 aromatic rings. The Morgan fingerprint density at radius 1 is 1.44 bits per heavy atom. The van der Waals surface area contributed by atoms with Gasteiger partial charge >= 0.3 is 0 Å². The second-order valence-corrected chi connectivity index (χ2v) is 3.98. The average Bonchev–Trinajstić information content (AvgIpc) is 2.70. The summed E-state index contributed by atoms with van der Waals surface area (Å²) in [5, 5.41) is 3.46. The van der Waals surface area contributed by atoms with Gasteiger partial charge in [0.25, 0.3) is 0 Å². The van der Waals surface area contributed by atoms with Gasteiger partial charge in [-0.2, -0.15) is 0 Å². The van der Waals surface area contributed by atoms with Crippen LogP contribution in [-0.2, 0) is 11.8 Å². The summed E-state index contributed by atoms with van der Waals surface area (Å²) in [4.78, 5) is 4.37. The number of imidazole rings is 1. The van der Waals surface area contributed by atoms with E-state index in [2.05, 4.69) is 24.1 Å². The van der Waals surface area contributed by atoms with Gasteiger partial charge in [0.1, 0.15) is 5.82 Å². The van der Waals surface area contributed by atoms with Crippen molar-refractivity contribution < 1.29 is 4.74 Å². The van der Waals surface area contributed by atoms with Crippen molar-refractivity contribution in [3.05, 3.63) is 18.2 Å². The number of hydrogen-bond donors (Lipinski definition) is 1. The van der Waals surface area contributed by atoms with Crippen LogP contribution in [0.3, 0.4) is 0 Å². The summed E-state index contributed by atoms with van der Waals surface area (Å²) in [5.74, 6) is 1.05. The first-order valence-corrected chi connectivity index (χ1v) is 6.07. The van der Waals surface area contributed by atoms with Crippen LogP contribution in [0.1, 0.15) is 38.6 Å². The fourth-order valence-electron chi connectivity index (χ4n) is 1.60. The van der Waals surface area contributed by atoms with E-state index in [9.17, 15) is 0 Å². The molecule has 0 aliphatic rings. The number of ether oxygens (including phenoxy) is 1. The predicted molar refractivity (Wildman–Crippen MR) is 65.4 cm³/mol. The number of nitrogens with zero attached hydrogens (tertiary/aromatic N) is 2. The van der Waals surface area contributed by atoms with Gasteiger partial charge in [0.15, 0.2) is 0 Å². The van der Waals surface area contributed by atoms with E-state index in [4.69, 9.17) is 4.74 Å². The molecule has 0 aliphatic heterocycles. The molecule has 0 fully saturated rings. The van der Waals surface area contributed by atoms with Crippen LogP contribution in [0.4, 0.5) is 0 Å². The lowest BCUT2D eigenvalue weighted by Gasteiger charge is -2.18.